The first-order valence-corrected chi connectivity index (χ1v) is 7.09. The summed E-state index contributed by atoms with van der Waals surface area (Å²) in [6.45, 7) is 1.44. The van der Waals surface area contributed by atoms with Gasteiger partial charge in [0.2, 0.25) is 0 Å². The molecule has 19 heavy (non-hydrogen) atoms. The fraction of sp³-hybridized carbons (Fsp3) is 0.250. The lowest BCUT2D eigenvalue weighted by Gasteiger charge is -2.36. The van der Waals surface area contributed by atoms with Gasteiger partial charge in [0.1, 0.15) is 5.41 Å². The fourth-order valence-electron chi connectivity index (χ4n) is 2.08. The van der Waals surface area contributed by atoms with E-state index in [0.717, 1.165) is 0 Å². The van der Waals surface area contributed by atoms with Crippen LogP contribution in [0, 0.1) is 0 Å². The highest BCUT2D eigenvalue weighted by Crippen LogP contribution is 2.51. The lowest BCUT2D eigenvalue weighted by molar-refractivity contribution is -0.143. The molecule has 0 saturated heterocycles. The van der Waals surface area contributed by atoms with E-state index in [-0.39, 0.29) is 25.7 Å². The molecule has 1 aromatic rings. The maximum absolute atomic E-state index is 11.7. The van der Waals surface area contributed by atoms with Crippen molar-refractivity contribution in [3.8, 4) is 0 Å². The van der Waals surface area contributed by atoms with Gasteiger partial charge in [0.25, 0.3) is 0 Å². The highest BCUT2D eigenvalue weighted by Gasteiger charge is 2.50. The minimum Gasteiger partial charge on any atom is -0.481 e. The maximum Gasteiger partial charge on any atom is 0.315 e. The molecule has 1 aliphatic carbocycles. The van der Waals surface area contributed by atoms with Gasteiger partial charge in [0, 0.05) is 5.56 Å². The van der Waals surface area contributed by atoms with E-state index < -0.39 is 16.8 Å². The number of carboxylic acids is 1. The number of hydrogen-bond donors (Lipinski definition) is 1. The van der Waals surface area contributed by atoms with Crippen molar-refractivity contribution in [1.29, 1.82) is 0 Å². The molecule has 1 aliphatic rings. The molecule has 0 fully saturated rings. The van der Waals surface area contributed by atoms with Crippen LogP contribution in [0.15, 0.2) is 17.2 Å². The molecule has 0 bridgehead atoms. The zero-order valence-electron chi connectivity index (χ0n) is 9.48. The van der Waals surface area contributed by atoms with Gasteiger partial charge in [-0.25, -0.2) is 0 Å². The predicted octanol–water partition coefficient (Wildman–Crippen LogP) is 5.10. The molecule has 0 aliphatic heterocycles. The summed E-state index contributed by atoms with van der Waals surface area (Å²) in [5.41, 5.74) is -0.791. The van der Waals surface area contributed by atoms with Crippen LogP contribution in [0.4, 0.5) is 0 Å². The van der Waals surface area contributed by atoms with Crippen LogP contribution in [-0.4, -0.2) is 16.5 Å². The van der Waals surface area contributed by atoms with E-state index in [0.29, 0.717) is 5.56 Å². The summed E-state index contributed by atoms with van der Waals surface area (Å²) in [6, 6.07) is 3.12. The molecule has 1 N–H and O–H groups in total. The highest BCUT2D eigenvalue weighted by atomic mass is 35.5. The molecule has 0 aromatic heterocycles. The quantitative estimate of drug-likeness (QED) is 0.707. The number of alkyl halides is 1. The van der Waals surface area contributed by atoms with Crippen LogP contribution in [0.1, 0.15) is 18.1 Å². The Labute approximate surface area is 134 Å². The van der Waals surface area contributed by atoms with Crippen molar-refractivity contribution in [2.75, 3.05) is 0 Å². The molecule has 0 saturated carbocycles. The number of rotatable bonds is 1. The Kier molecular flexibility index (Phi) is 4.03. The molecule has 102 valence electrons. The lowest BCUT2D eigenvalue weighted by Crippen LogP contribution is -2.44. The van der Waals surface area contributed by atoms with E-state index in [4.69, 9.17) is 58.0 Å². The standard InChI is InChI=1S/C12H7Cl5O2/c1-12(11(18)19)6-4(2-3-5(13)8(6)15)7(14)9(16)10(12)17/h2-3,10H,1H3,(H,18,19). The number of carboxylic acid groups (broad SMARTS) is 1. The number of fused-ring (bicyclic) bond motifs is 1. The molecule has 2 nitrogen and oxygen atoms in total. The third-order valence-corrected chi connectivity index (χ3v) is 5.72. The van der Waals surface area contributed by atoms with E-state index in [1.165, 1.54) is 13.0 Å². The fourth-order valence-corrected chi connectivity index (χ4v) is 3.55. The van der Waals surface area contributed by atoms with Crippen molar-refractivity contribution < 1.29 is 9.90 Å². The molecular formula is C12H7Cl5O2. The zero-order chi connectivity index (χ0) is 14.5. The van der Waals surface area contributed by atoms with E-state index in [1.807, 2.05) is 0 Å². The number of carbonyl (C=O) groups is 1. The van der Waals surface area contributed by atoms with Crippen molar-refractivity contribution in [3.63, 3.8) is 0 Å². The topological polar surface area (TPSA) is 37.3 Å². The van der Waals surface area contributed by atoms with Gasteiger partial charge in [-0.3, -0.25) is 4.79 Å². The van der Waals surface area contributed by atoms with Crippen molar-refractivity contribution in [2.45, 2.75) is 17.7 Å². The third-order valence-electron chi connectivity index (χ3n) is 3.23. The van der Waals surface area contributed by atoms with Crippen molar-refractivity contribution >= 4 is 69.0 Å². The average Bonchev–Trinajstić information content (AvgIpc) is 2.36. The number of hydrogen-bond acceptors (Lipinski definition) is 1. The minimum absolute atomic E-state index is 0.0825. The molecule has 2 rings (SSSR count). The van der Waals surface area contributed by atoms with Crippen LogP contribution in [0.5, 0.6) is 0 Å². The summed E-state index contributed by atoms with van der Waals surface area (Å²) in [7, 11) is 0. The first-order chi connectivity index (χ1) is 8.72. The molecular weight excluding hydrogens is 353 g/mol. The van der Waals surface area contributed by atoms with Gasteiger partial charge >= 0.3 is 5.97 Å². The van der Waals surface area contributed by atoms with E-state index in [2.05, 4.69) is 0 Å². The molecule has 7 heteroatoms. The van der Waals surface area contributed by atoms with Gasteiger partial charge in [0.05, 0.1) is 25.5 Å². The van der Waals surface area contributed by atoms with E-state index >= 15 is 0 Å². The monoisotopic (exact) mass is 358 g/mol. The summed E-state index contributed by atoms with van der Waals surface area (Å²) in [5.74, 6) is -1.15. The predicted molar refractivity (Wildman–Crippen MR) is 79.7 cm³/mol. The number of benzene rings is 1. The maximum atomic E-state index is 11.7. The van der Waals surface area contributed by atoms with E-state index in [1.54, 1.807) is 6.07 Å². The number of halogens is 5. The smallest absolute Gasteiger partial charge is 0.315 e. The molecule has 2 unspecified atom stereocenters. The van der Waals surface area contributed by atoms with Gasteiger partial charge in [-0.05, 0) is 18.6 Å². The summed E-state index contributed by atoms with van der Waals surface area (Å²) in [4.78, 5) is 11.7. The van der Waals surface area contributed by atoms with Gasteiger partial charge < -0.3 is 5.11 Å². The molecule has 0 amide bonds. The second-order valence-corrected chi connectivity index (χ2v) is 6.32. The SMILES string of the molecule is CC1(C(=O)O)c2c(ccc(Cl)c2Cl)C(Cl)=C(Cl)C1Cl. The Morgan fingerprint density at radius 2 is 1.84 bits per heavy atom. The van der Waals surface area contributed by atoms with Crippen molar-refractivity contribution in [1.82, 2.24) is 0 Å². The number of allylic oxidation sites excluding steroid dienone is 1. The van der Waals surface area contributed by atoms with Crippen molar-refractivity contribution in [3.05, 3.63) is 38.3 Å². The molecule has 0 spiro atoms. The molecule has 2 atom stereocenters. The largest absolute Gasteiger partial charge is 0.481 e. The van der Waals surface area contributed by atoms with Gasteiger partial charge in [-0.2, -0.15) is 0 Å². The Bertz CT molecular complexity index is 610. The zero-order valence-corrected chi connectivity index (χ0v) is 13.3. The van der Waals surface area contributed by atoms with Crippen LogP contribution >= 0.6 is 58.0 Å². The molecule has 0 heterocycles. The first kappa shape index (κ1) is 15.3. The average molecular weight is 360 g/mol. The summed E-state index contributed by atoms with van der Waals surface area (Å²) in [6.07, 6.45) is 0. The molecule has 0 radical (unpaired) electrons. The second kappa shape index (κ2) is 5.01. The van der Waals surface area contributed by atoms with Gasteiger partial charge in [-0.15, -0.1) is 11.6 Å². The van der Waals surface area contributed by atoms with Crippen LogP contribution in [0.2, 0.25) is 10.0 Å². The van der Waals surface area contributed by atoms with Crippen LogP contribution in [0.3, 0.4) is 0 Å². The Morgan fingerprint density at radius 1 is 1.26 bits per heavy atom. The van der Waals surface area contributed by atoms with Crippen LogP contribution in [-0.2, 0) is 10.2 Å². The lowest BCUT2D eigenvalue weighted by atomic mass is 9.73. The number of aliphatic carboxylic acids is 1. The van der Waals surface area contributed by atoms with Gasteiger partial charge in [-0.1, -0.05) is 52.5 Å². The summed E-state index contributed by atoms with van der Waals surface area (Å²) >= 11 is 30.4. The molecule has 1 aromatic carbocycles. The van der Waals surface area contributed by atoms with Crippen molar-refractivity contribution in [2.24, 2.45) is 0 Å². The Morgan fingerprint density at radius 3 is 2.37 bits per heavy atom. The normalized spacial score (nSPS) is 26.3. The Hall–Kier alpha value is -0.120. The third kappa shape index (κ3) is 2.05. The van der Waals surface area contributed by atoms with Crippen LogP contribution in [0.25, 0.3) is 5.03 Å². The van der Waals surface area contributed by atoms with Crippen LogP contribution < -0.4 is 0 Å². The Balaban J connectivity index is 2.92. The second-order valence-electron chi connectivity index (χ2n) is 4.32. The van der Waals surface area contributed by atoms with Gasteiger partial charge in [0.15, 0.2) is 0 Å². The highest BCUT2D eigenvalue weighted by molar-refractivity contribution is 6.57. The summed E-state index contributed by atoms with van der Waals surface area (Å²) in [5, 5.41) is 9.13. The summed E-state index contributed by atoms with van der Waals surface area (Å²) < 4.78 is 0. The van der Waals surface area contributed by atoms with E-state index in [9.17, 15) is 9.90 Å². The minimum atomic E-state index is -1.51. The first-order valence-electron chi connectivity index (χ1n) is 5.14.